The summed E-state index contributed by atoms with van der Waals surface area (Å²) in [5.41, 5.74) is 6.00. The molecular formula is C13H10F3N3O. The summed E-state index contributed by atoms with van der Waals surface area (Å²) in [6.07, 6.45) is 0. The molecule has 0 saturated carbocycles. The van der Waals surface area contributed by atoms with Crippen LogP contribution in [0.3, 0.4) is 0 Å². The molecule has 0 atom stereocenters. The Labute approximate surface area is 112 Å². The number of hydrogen-bond donors (Lipinski definition) is 2. The van der Waals surface area contributed by atoms with Crippen molar-refractivity contribution in [2.45, 2.75) is 6.92 Å². The molecule has 0 bridgehead atoms. The van der Waals surface area contributed by atoms with Crippen LogP contribution in [0, 0.1) is 24.4 Å². The van der Waals surface area contributed by atoms with E-state index in [2.05, 4.69) is 10.3 Å². The predicted molar refractivity (Wildman–Crippen MR) is 67.7 cm³/mol. The largest absolute Gasteiger partial charge is 0.384 e. The van der Waals surface area contributed by atoms with Gasteiger partial charge in [-0.25, -0.2) is 18.2 Å². The number of pyridine rings is 1. The lowest BCUT2D eigenvalue weighted by Gasteiger charge is -2.07. The van der Waals surface area contributed by atoms with E-state index in [0.717, 1.165) is 0 Å². The Balaban J connectivity index is 2.28. The molecule has 1 aromatic carbocycles. The Morgan fingerprint density at radius 1 is 1.15 bits per heavy atom. The molecule has 0 aliphatic carbocycles. The highest BCUT2D eigenvalue weighted by Crippen LogP contribution is 2.18. The van der Waals surface area contributed by atoms with Gasteiger partial charge in [0.25, 0.3) is 5.91 Å². The van der Waals surface area contributed by atoms with E-state index in [1.165, 1.54) is 12.1 Å². The molecule has 0 aliphatic rings. The van der Waals surface area contributed by atoms with Crippen LogP contribution in [0.25, 0.3) is 0 Å². The van der Waals surface area contributed by atoms with Crippen molar-refractivity contribution in [3.63, 3.8) is 0 Å². The number of benzene rings is 1. The maximum absolute atomic E-state index is 13.0. The minimum Gasteiger partial charge on any atom is -0.384 e. The zero-order valence-electron chi connectivity index (χ0n) is 10.4. The molecule has 104 valence electrons. The average molecular weight is 281 g/mol. The molecular weight excluding hydrogens is 271 g/mol. The van der Waals surface area contributed by atoms with Crippen molar-refractivity contribution in [3.05, 3.63) is 53.0 Å². The topological polar surface area (TPSA) is 68.0 Å². The Hall–Kier alpha value is -2.57. The second-order valence-corrected chi connectivity index (χ2v) is 4.13. The highest BCUT2D eigenvalue weighted by Gasteiger charge is 2.13. The summed E-state index contributed by atoms with van der Waals surface area (Å²) in [5.74, 6) is -4.84. The van der Waals surface area contributed by atoms with E-state index in [-0.39, 0.29) is 17.1 Å². The van der Waals surface area contributed by atoms with Gasteiger partial charge in [-0.3, -0.25) is 4.79 Å². The molecule has 1 amide bonds. The number of nitrogens with one attached hydrogen (secondary N) is 1. The lowest BCUT2D eigenvalue weighted by atomic mass is 10.2. The van der Waals surface area contributed by atoms with Gasteiger partial charge in [0.2, 0.25) is 0 Å². The zero-order chi connectivity index (χ0) is 14.9. The van der Waals surface area contributed by atoms with Crippen LogP contribution in [0.5, 0.6) is 0 Å². The number of carbonyl (C=O) groups is 1. The van der Waals surface area contributed by atoms with Crippen LogP contribution in [-0.2, 0) is 0 Å². The Morgan fingerprint density at radius 2 is 1.75 bits per heavy atom. The number of nitrogens with two attached hydrogens (primary N) is 1. The van der Waals surface area contributed by atoms with Crippen LogP contribution in [0.2, 0.25) is 0 Å². The third-order valence-corrected chi connectivity index (χ3v) is 2.48. The van der Waals surface area contributed by atoms with Crippen LogP contribution >= 0.6 is 0 Å². The molecule has 0 spiro atoms. The van der Waals surface area contributed by atoms with Crippen LogP contribution in [0.15, 0.2) is 24.3 Å². The first-order valence-electron chi connectivity index (χ1n) is 5.57. The SMILES string of the molecule is Cc1cc(C(=O)Nc2cc(F)c(F)c(F)c2)cc(N)n1. The highest BCUT2D eigenvalue weighted by atomic mass is 19.2. The van der Waals surface area contributed by atoms with Crippen LogP contribution in [-0.4, -0.2) is 10.9 Å². The number of rotatable bonds is 2. The van der Waals surface area contributed by atoms with E-state index < -0.39 is 23.4 Å². The maximum atomic E-state index is 13.0. The quantitative estimate of drug-likeness (QED) is 0.831. The molecule has 0 saturated heterocycles. The monoisotopic (exact) mass is 281 g/mol. The molecule has 0 unspecified atom stereocenters. The number of nitrogen functional groups attached to an aromatic ring is 1. The smallest absolute Gasteiger partial charge is 0.255 e. The summed E-state index contributed by atoms with van der Waals surface area (Å²) in [6.45, 7) is 1.64. The second kappa shape index (κ2) is 5.20. The summed E-state index contributed by atoms with van der Waals surface area (Å²) < 4.78 is 38.8. The average Bonchev–Trinajstić information content (AvgIpc) is 2.34. The molecule has 2 aromatic rings. The van der Waals surface area contributed by atoms with Crippen molar-refractivity contribution in [2.75, 3.05) is 11.1 Å². The first-order valence-corrected chi connectivity index (χ1v) is 5.57. The molecule has 7 heteroatoms. The number of nitrogens with zero attached hydrogens (tertiary/aromatic N) is 1. The van der Waals surface area contributed by atoms with E-state index in [1.54, 1.807) is 6.92 Å². The van der Waals surface area contributed by atoms with Gasteiger partial charge in [-0.1, -0.05) is 0 Å². The number of aromatic nitrogens is 1. The molecule has 3 N–H and O–H groups in total. The highest BCUT2D eigenvalue weighted by molar-refractivity contribution is 6.04. The van der Waals surface area contributed by atoms with E-state index in [4.69, 9.17) is 5.73 Å². The molecule has 0 fully saturated rings. The van der Waals surface area contributed by atoms with Gasteiger partial charge < -0.3 is 11.1 Å². The van der Waals surface area contributed by atoms with E-state index >= 15 is 0 Å². The van der Waals surface area contributed by atoms with Gasteiger partial charge in [-0.15, -0.1) is 0 Å². The molecule has 1 heterocycles. The summed E-state index contributed by atoms with van der Waals surface area (Å²) in [7, 11) is 0. The maximum Gasteiger partial charge on any atom is 0.255 e. The number of halogens is 3. The van der Waals surface area contributed by atoms with Crippen LogP contribution in [0.4, 0.5) is 24.7 Å². The molecule has 0 aliphatic heterocycles. The molecule has 4 nitrogen and oxygen atoms in total. The molecule has 20 heavy (non-hydrogen) atoms. The van der Waals surface area contributed by atoms with E-state index in [1.807, 2.05) is 0 Å². The third kappa shape index (κ3) is 2.87. The normalized spacial score (nSPS) is 10.4. The van der Waals surface area contributed by atoms with Gasteiger partial charge in [-0.05, 0) is 19.1 Å². The van der Waals surface area contributed by atoms with Crippen molar-refractivity contribution in [3.8, 4) is 0 Å². The minimum absolute atomic E-state index is 0.145. The first-order chi connectivity index (χ1) is 9.36. The molecule has 0 radical (unpaired) electrons. The van der Waals surface area contributed by atoms with Gasteiger partial charge >= 0.3 is 0 Å². The first kappa shape index (κ1) is 13.9. The van der Waals surface area contributed by atoms with Gasteiger partial charge in [0.1, 0.15) is 5.82 Å². The fraction of sp³-hybridized carbons (Fsp3) is 0.0769. The van der Waals surface area contributed by atoms with Crippen molar-refractivity contribution in [1.82, 2.24) is 4.98 Å². The van der Waals surface area contributed by atoms with Gasteiger partial charge in [-0.2, -0.15) is 0 Å². The number of aryl methyl sites for hydroxylation is 1. The zero-order valence-corrected chi connectivity index (χ0v) is 10.4. The Morgan fingerprint density at radius 3 is 2.30 bits per heavy atom. The van der Waals surface area contributed by atoms with Crippen molar-refractivity contribution < 1.29 is 18.0 Å². The second-order valence-electron chi connectivity index (χ2n) is 4.13. The van der Waals surface area contributed by atoms with Crippen LogP contribution in [0.1, 0.15) is 16.1 Å². The van der Waals surface area contributed by atoms with E-state index in [9.17, 15) is 18.0 Å². The molecule has 2 rings (SSSR count). The fourth-order valence-corrected chi connectivity index (χ4v) is 1.66. The molecule has 1 aromatic heterocycles. The number of hydrogen-bond acceptors (Lipinski definition) is 3. The fourth-order valence-electron chi connectivity index (χ4n) is 1.66. The minimum atomic E-state index is -1.59. The summed E-state index contributed by atoms with van der Waals surface area (Å²) >= 11 is 0. The van der Waals surface area contributed by atoms with E-state index in [0.29, 0.717) is 17.8 Å². The number of amides is 1. The predicted octanol–water partition coefficient (Wildman–Crippen LogP) is 2.64. The summed E-state index contributed by atoms with van der Waals surface area (Å²) in [5, 5.41) is 2.25. The lowest BCUT2D eigenvalue weighted by Crippen LogP contribution is -2.13. The van der Waals surface area contributed by atoms with Gasteiger partial charge in [0.05, 0.1) is 0 Å². The van der Waals surface area contributed by atoms with Crippen molar-refractivity contribution in [1.29, 1.82) is 0 Å². The summed E-state index contributed by atoms with van der Waals surface area (Å²) in [6, 6.07) is 4.15. The van der Waals surface area contributed by atoms with Gasteiger partial charge in [0.15, 0.2) is 17.5 Å². The Bertz CT molecular complexity index is 645. The Kier molecular flexibility index (Phi) is 3.60. The third-order valence-electron chi connectivity index (χ3n) is 2.48. The van der Waals surface area contributed by atoms with Crippen LogP contribution < -0.4 is 11.1 Å². The standard InChI is InChI=1S/C13H10F3N3O/c1-6-2-7(3-11(17)18-6)13(20)19-8-4-9(14)12(16)10(15)5-8/h2-5H,1H3,(H2,17,18)(H,19,20). The lowest BCUT2D eigenvalue weighted by molar-refractivity contribution is 0.102. The number of carbonyl (C=O) groups excluding carboxylic acids is 1. The number of anilines is 2. The van der Waals surface area contributed by atoms with Crippen molar-refractivity contribution >= 4 is 17.4 Å². The van der Waals surface area contributed by atoms with Gasteiger partial charge in [0, 0.05) is 29.1 Å². The summed E-state index contributed by atoms with van der Waals surface area (Å²) in [4.78, 5) is 15.8. The van der Waals surface area contributed by atoms with Crippen molar-refractivity contribution in [2.24, 2.45) is 0 Å².